The van der Waals surface area contributed by atoms with Crippen molar-refractivity contribution in [3.8, 4) is 0 Å². The minimum absolute atomic E-state index is 0.0728. The summed E-state index contributed by atoms with van der Waals surface area (Å²) >= 11 is 0. The van der Waals surface area contributed by atoms with Crippen molar-refractivity contribution in [2.24, 2.45) is 0 Å². The van der Waals surface area contributed by atoms with Crippen LogP contribution in [0.1, 0.15) is 18.6 Å². The lowest BCUT2D eigenvalue weighted by Crippen LogP contribution is -2.49. The Kier molecular flexibility index (Phi) is 3.38. The standard InChI is InChI=1S/C12H18N2O4S/c15-9-11-3-4-12(18-11)19(16,17)14-7-5-13(6-8-14)10-1-2-10/h3-4,10,15H,1-2,5-9H2. The van der Waals surface area contributed by atoms with Crippen molar-refractivity contribution >= 4 is 10.0 Å². The van der Waals surface area contributed by atoms with Crippen LogP contribution in [0.5, 0.6) is 0 Å². The predicted octanol–water partition coefficient (Wildman–Crippen LogP) is 0.241. The molecule has 1 saturated heterocycles. The summed E-state index contributed by atoms with van der Waals surface area (Å²) < 4.78 is 31.3. The van der Waals surface area contributed by atoms with Crippen LogP contribution in [-0.2, 0) is 16.6 Å². The highest BCUT2D eigenvalue weighted by molar-refractivity contribution is 7.89. The van der Waals surface area contributed by atoms with E-state index in [9.17, 15) is 8.42 Å². The van der Waals surface area contributed by atoms with E-state index in [1.165, 1.54) is 29.3 Å². The van der Waals surface area contributed by atoms with Crippen molar-refractivity contribution in [2.45, 2.75) is 30.6 Å². The van der Waals surface area contributed by atoms with Gasteiger partial charge >= 0.3 is 0 Å². The van der Waals surface area contributed by atoms with E-state index in [4.69, 9.17) is 9.52 Å². The minimum Gasteiger partial charge on any atom is -0.446 e. The van der Waals surface area contributed by atoms with E-state index in [0.717, 1.165) is 13.1 Å². The lowest BCUT2D eigenvalue weighted by Gasteiger charge is -2.33. The highest BCUT2D eigenvalue weighted by Crippen LogP contribution is 2.28. The molecule has 2 aliphatic rings. The van der Waals surface area contributed by atoms with E-state index in [-0.39, 0.29) is 17.5 Å². The second-order valence-electron chi connectivity index (χ2n) is 5.05. The fourth-order valence-electron chi connectivity index (χ4n) is 2.46. The fourth-order valence-corrected chi connectivity index (χ4v) is 3.81. The summed E-state index contributed by atoms with van der Waals surface area (Å²) in [6.45, 7) is 2.31. The van der Waals surface area contributed by atoms with Gasteiger partial charge in [0.2, 0.25) is 5.09 Å². The molecule has 0 spiro atoms. The zero-order chi connectivity index (χ0) is 13.5. The first-order valence-electron chi connectivity index (χ1n) is 6.55. The molecule has 0 aromatic carbocycles. The zero-order valence-electron chi connectivity index (χ0n) is 10.7. The first kappa shape index (κ1) is 13.1. The monoisotopic (exact) mass is 286 g/mol. The maximum atomic E-state index is 12.3. The molecule has 0 radical (unpaired) electrons. The average Bonchev–Trinajstić information content (AvgIpc) is 3.15. The van der Waals surface area contributed by atoms with Crippen LogP contribution >= 0.6 is 0 Å². The Morgan fingerprint density at radius 3 is 2.42 bits per heavy atom. The Morgan fingerprint density at radius 1 is 1.21 bits per heavy atom. The zero-order valence-corrected chi connectivity index (χ0v) is 11.5. The molecule has 1 saturated carbocycles. The Morgan fingerprint density at radius 2 is 1.89 bits per heavy atom. The van der Waals surface area contributed by atoms with Crippen molar-refractivity contribution < 1.29 is 17.9 Å². The number of hydrogen-bond donors (Lipinski definition) is 1. The minimum atomic E-state index is -3.55. The fraction of sp³-hybridized carbons (Fsp3) is 0.667. The van der Waals surface area contributed by atoms with Gasteiger partial charge in [0.05, 0.1) is 0 Å². The molecule has 106 valence electrons. The predicted molar refractivity (Wildman–Crippen MR) is 68.0 cm³/mol. The number of furan rings is 1. The van der Waals surface area contributed by atoms with E-state index in [0.29, 0.717) is 19.1 Å². The normalized spacial score (nSPS) is 22.8. The maximum Gasteiger partial charge on any atom is 0.276 e. The van der Waals surface area contributed by atoms with E-state index in [2.05, 4.69) is 4.90 Å². The highest BCUT2D eigenvalue weighted by atomic mass is 32.2. The Balaban J connectivity index is 1.70. The van der Waals surface area contributed by atoms with Gasteiger partial charge in [-0.3, -0.25) is 4.90 Å². The molecule has 6 nitrogen and oxygen atoms in total. The summed E-state index contributed by atoms with van der Waals surface area (Å²) in [7, 11) is -3.55. The molecule has 2 heterocycles. The van der Waals surface area contributed by atoms with Crippen LogP contribution in [0, 0.1) is 0 Å². The summed E-state index contributed by atoms with van der Waals surface area (Å²) in [5.74, 6) is 0.273. The van der Waals surface area contributed by atoms with E-state index in [1.807, 2.05) is 0 Å². The largest absolute Gasteiger partial charge is 0.446 e. The van der Waals surface area contributed by atoms with Crippen molar-refractivity contribution in [3.63, 3.8) is 0 Å². The molecule has 0 amide bonds. The summed E-state index contributed by atoms with van der Waals surface area (Å²) in [6, 6.07) is 3.58. The quantitative estimate of drug-likeness (QED) is 0.858. The summed E-state index contributed by atoms with van der Waals surface area (Å²) in [4.78, 5) is 2.35. The first-order chi connectivity index (χ1) is 9.11. The third-order valence-electron chi connectivity index (χ3n) is 3.72. The molecule has 7 heteroatoms. The van der Waals surface area contributed by atoms with Crippen LogP contribution in [0.15, 0.2) is 21.6 Å². The molecule has 19 heavy (non-hydrogen) atoms. The second-order valence-corrected chi connectivity index (χ2v) is 6.92. The van der Waals surface area contributed by atoms with Gasteiger partial charge in [0.1, 0.15) is 12.4 Å². The van der Waals surface area contributed by atoms with Gasteiger partial charge in [-0.1, -0.05) is 0 Å². The van der Waals surface area contributed by atoms with Crippen LogP contribution in [-0.4, -0.2) is 55.0 Å². The topological polar surface area (TPSA) is 74.0 Å². The Hall–Kier alpha value is -0.890. The molecular formula is C12H18N2O4S. The van der Waals surface area contributed by atoms with Gasteiger partial charge in [-0.15, -0.1) is 0 Å². The van der Waals surface area contributed by atoms with Gasteiger partial charge in [0.15, 0.2) is 0 Å². The first-order valence-corrected chi connectivity index (χ1v) is 7.99. The van der Waals surface area contributed by atoms with Crippen molar-refractivity contribution in [1.82, 2.24) is 9.21 Å². The Bertz CT molecular complexity index is 542. The van der Waals surface area contributed by atoms with E-state index < -0.39 is 10.0 Å². The smallest absolute Gasteiger partial charge is 0.276 e. The Labute approximate surface area is 112 Å². The lowest BCUT2D eigenvalue weighted by molar-refractivity contribution is 0.178. The van der Waals surface area contributed by atoms with Gasteiger partial charge in [0, 0.05) is 32.2 Å². The van der Waals surface area contributed by atoms with Crippen molar-refractivity contribution in [2.75, 3.05) is 26.2 Å². The molecule has 0 unspecified atom stereocenters. The molecule has 3 rings (SSSR count). The van der Waals surface area contributed by atoms with Crippen LogP contribution in [0.4, 0.5) is 0 Å². The highest BCUT2D eigenvalue weighted by Gasteiger charge is 2.35. The molecule has 1 N–H and O–H groups in total. The number of nitrogens with zero attached hydrogens (tertiary/aromatic N) is 2. The van der Waals surface area contributed by atoms with E-state index in [1.54, 1.807) is 0 Å². The molecular weight excluding hydrogens is 268 g/mol. The molecule has 1 aromatic rings. The molecule has 1 aliphatic carbocycles. The summed E-state index contributed by atoms with van der Waals surface area (Å²) in [5.41, 5.74) is 0. The number of aliphatic hydroxyl groups excluding tert-OH is 1. The SMILES string of the molecule is O=S(=O)(c1ccc(CO)o1)N1CCN(C2CC2)CC1. The van der Waals surface area contributed by atoms with Crippen LogP contribution in [0.2, 0.25) is 0 Å². The van der Waals surface area contributed by atoms with E-state index >= 15 is 0 Å². The van der Waals surface area contributed by atoms with Gasteiger partial charge < -0.3 is 9.52 Å². The number of aliphatic hydroxyl groups is 1. The third kappa shape index (κ3) is 2.55. The molecule has 1 aliphatic heterocycles. The molecule has 0 bridgehead atoms. The average molecular weight is 286 g/mol. The summed E-state index contributed by atoms with van der Waals surface area (Å²) in [5, 5.41) is 8.85. The van der Waals surface area contributed by atoms with Crippen molar-refractivity contribution in [3.05, 3.63) is 17.9 Å². The molecule has 1 aromatic heterocycles. The number of piperazine rings is 1. The molecule has 0 atom stereocenters. The second kappa shape index (κ2) is 4.90. The van der Waals surface area contributed by atoms with Gasteiger partial charge in [0.25, 0.3) is 10.0 Å². The van der Waals surface area contributed by atoms with Crippen LogP contribution in [0.3, 0.4) is 0 Å². The van der Waals surface area contributed by atoms with Gasteiger partial charge in [-0.05, 0) is 25.0 Å². The number of rotatable bonds is 4. The third-order valence-corrected chi connectivity index (χ3v) is 5.50. The van der Waals surface area contributed by atoms with Crippen molar-refractivity contribution in [1.29, 1.82) is 0 Å². The maximum absolute atomic E-state index is 12.3. The number of hydrogen-bond acceptors (Lipinski definition) is 5. The van der Waals surface area contributed by atoms with Gasteiger partial charge in [-0.2, -0.15) is 4.31 Å². The van der Waals surface area contributed by atoms with Gasteiger partial charge in [-0.25, -0.2) is 8.42 Å². The summed E-state index contributed by atoms with van der Waals surface area (Å²) in [6.07, 6.45) is 2.48. The number of sulfonamides is 1. The van der Waals surface area contributed by atoms with Crippen LogP contribution < -0.4 is 0 Å². The van der Waals surface area contributed by atoms with Crippen LogP contribution in [0.25, 0.3) is 0 Å². The molecule has 2 fully saturated rings. The lowest BCUT2D eigenvalue weighted by atomic mass is 10.3.